The van der Waals surface area contributed by atoms with E-state index in [1.807, 2.05) is 24.3 Å². The number of hydrogen-bond donors (Lipinski definition) is 1. The molecular formula is C14H19NO2. The van der Waals surface area contributed by atoms with Crippen LogP contribution in [0, 0.1) is 5.92 Å². The molecule has 1 heterocycles. The second-order valence-corrected chi connectivity index (χ2v) is 4.61. The molecule has 92 valence electrons. The minimum atomic E-state index is 0.0785. The molecule has 0 radical (unpaired) electrons. The maximum atomic E-state index is 11.2. The van der Waals surface area contributed by atoms with Gasteiger partial charge in [-0.2, -0.15) is 0 Å². The number of carbonyl (C=O) groups is 1. The first-order valence-corrected chi connectivity index (χ1v) is 6.20. The van der Waals surface area contributed by atoms with Gasteiger partial charge in [0.25, 0.3) is 0 Å². The number of carbonyl (C=O) groups excluding carboxylic acids is 1. The van der Waals surface area contributed by atoms with Crippen molar-refractivity contribution in [3.05, 3.63) is 29.8 Å². The number of hydrogen-bond acceptors (Lipinski definition) is 3. The minimum absolute atomic E-state index is 0.0785. The Kier molecular flexibility index (Phi) is 4.15. The Morgan fingerprint density at radius 1 is 1.53 bits per heavy atom. The summed E-state index contributed by atoms with van der Waals surface area (Å²) in [5, 5.41) is 3.37. The van der Waals surface area contributed by atoms with Crippen LogP contribution < -0.4 is 10.1 Å². The zero-order valence-corrected chi connectivity index (χ0v) is 10.2. The van der Waals surface area contributed by atoms with Crippen LogP contribution in [0.25, 0.3) is 0 Å². The molecule has 0 aromatic heterocycles. The van der Waals surface area contributed by atoms with Crippen LogP contribution in [0.15, 0.2) is 24.3 Å². The molecule has 1 unspecified atom stereocenters. The lowest BCUT2D eigenvalue weighted by molar-refractivity contribution is 0.101. The van der Waals surface area contributed by atoms with Crippen LogP contribution in [0.2, 0.25) is 0 Å². The normalized spacial score (nSPS) is 19.9. The summed E-state index contributed by atoms with van der Waals surface area (Å²) in [5.74, 6) is 1.46. The van der Waals surface area contributed by atoms with Gasteiger partial charge in [-0.1, -0.05) is 12.1 Å². The first-order valence-electron chi connectivity index (χ1n) is 6.20. The Labute approximate surface area is 102 Å². The first kappa shape index (κ1) is 12.1. The van der Waals surface area contributed by atoms with Gasteiger partial charge < -0.3 is 10.1 Å². The van der Waals surface area contributed by atoms with Gasteiger partial charge in [0, 0.05) is 18.0 Å². The molecule has 1 fully saturated rings. The van der Waals surface area contributed by atoms with Crippen molar-refractivity contribution in [2.24, 2.45) is 5.92 Å². The number of Topliss-reactive ketones (excluding diaryl/α,β-unsaturated/α-hetero) is 1. The summed E-state index contributed by atoms with van der Waals surface area (Å²) in [4.78, 5) is 11.2. The number of ether oxygens (including phenoxy) is 1. The summed E-state index contributed by atoms with van der Waals surface area (Å²) in [6.45, 7) is 4.46. The lowest BCUT2D eigenvalue weighted by atomic mass is 10.0. The largest absolute Gasteiger partial charge is 0.493 e. The third kappa shape index (κ3) is 3.56. The molecule has 1 aliphatic rings. The molecule has 3 heteroatoms. The van der Waals surface area contributed by atoms with E-state index in [9.17, 15) is 4.79 Å². The van der Waals surface area contributed by atoms with Gasteiger partial charge in [0.05, 0.1) is 6.61 Å². The SMILES string of the molecule is CC(=O)c1cccc(OCC2CCCNC2)c1. The van der Waals surface area contributed by atoms with Crippen molar-refractivity contribution < 1.29 is 9.53 Å². The van der Waals surface area contributed by atoms with Gasteiger partial charge in [0.15, 0.2) is 5.78 Å². The summed E-state index contributed by atoms with van der Waals surface area (Å²) in [6, 6.07) is 7.41. The molecule has 0 amide bonds. The molecule has 1 atom stereocenters. The standard InChI is InChI=1S/C14H19NO2/c1-11(16)13-5-2-6-14(8-13)17-10-12-4-3-7-15-9-12/h2,5-6,8,12,15H,3-4,7,9-10H2,1H3. The molecule has 0 aliphatic carbocycles. The molecule has 1 N–H and O–H groups in total. The molecule has 1 saturated heterocycles. The maximum absolute atomic E-state index is 11.2. The van der Waals surface area contributed by atoms with Crippen LogP contribution >= 0.6 is 0 Å². The monoisotopic (exact) mass is 233 g/mol. The topological polar surface area (TPSA) is 38.3 Å². The van der Waals surface area contributed by atoms with E-state index in [-0.39, 0.29) is 5.78 Å². The van der Waals surface area contributed by atoms with Gasteiger partial charge in [0.1, 0.15) is 5.75 Å². The van der Waals surface area contributed by atoms with E-state index < -0.39 is 0 Å². The van der Waals surface area contributed by atoms with Gasteiger partial charge in [-0.25, -0.2) is 0 Å². The molecule has 1 aromatic carbocycles. The average molecular weight is 233 g/mol. The zero-order chi connectivity index (χ0) is 12.1. The summed E-state index contributed by atoms with van der Waals surface area (Å²) >= 11 is 0. The lowest BCUT2D eigenvalue weighted by Crippen LogP contribution is -2.33. The summed E-state index contributed by atoms with van der Waals surface area (Å²) < 4.78 is 5.74. The smallest absolute Gasteiger partial charge is 0.159 e. The lowest BCUT2D eigenvalue weighted by Gasteiger charge is -2.22. The number of benzene rings is 1. The van der Waals surface area contributed by atoms with Crippen molar-refractivity contribution in [3.63, 3.8) is 0 Å². The third-order valence-electron chi connectivity index (χ3n) is 3.13. The fourth-order valence-electron chi connectivity index (χ4n) is 2.09. The van der Waals surface area contributed by atoms with E-state index in [2.05, 4.69) is 5.32 Å². The Morgan fingerprint density at radius 3 is 3.12 bits per heavy atom. The van der Waals surface area contributed by atoms with E-state index >= 15 is 0 Å². The van der Waals surface area contributed by atoms with Crippen LogP contribution in [0.1, 0.15) is 30.1 Å². The highest BCUT2D eigenvalue weighted by atomic mass is 16.5. The summed E-state index contributed by atoms with van der Waals surface area (Å²) in [6.07, 6.45) is 2.45. The van der Waals surface area contributed by atoms with Gasteiger partial charge in [-0.05, 0) is 38.4 Å². The van der Waals surface area contributed by atoms with Crippen LogP contribution in [0.3, 0.4) is 0 Å². The molecular weight excluding hydrogens is 214 g/mol. The average Bonchev–Trinajstić information content (AvgIpc) is 2.38. The third-order valence-corrected chi connectivity index (χ3v) is 3.13. The number of nitrogens with one attached hydrogen (secondary N) is 1. The fraction of sp³-hybridized carbons (Fsp3) is 0.500. The van der Waals surface area contributed by atoms with E-state index in [0.717, 1.165) is 25.4 Å². The number of rotatable bonds is 4. The van der Waals surface area contributed by atoms with Crippen LogP contribution in [0.4, 0.5) is 0 Å². The molecule has 17 heavy (non-hydrogen) atoms. The highest BCUT2D eigenvalue weighted by Crippen LogP contribution is 2.17. The Hall–Kier alpha value is -1.35. The van der Waals surface area contributed by atoms with Gasteiger partial charge in [-0.3, -0.25) is 4.79 Å². The van der Waals surface area contributed by atoms with Crippen molar-refractivity contribution >= 4 is 5.78 Å². The zero-order valence-electron chi connectivity index (χ0n) is 10.2. The van der Waals surface area contributed by atoms with Crippen molar-refractivity contribution in [1.82, 2.24) is 5.32 Å². The van der Waals surface area contributed by atoms with Crippen LogP contribution in [0.5, 0.6) is 5.75 Å². The maximum Gasteiger partial charge on any atom is 0.159 e. The van der Waals surface area contributed by atoms with Crippen molar-refractivity contribution in [3.8, 4) is 5.75 Å². The molecule has 2 rings (SSSR count). The second kappa shape index (κ2) is 5.82. The van der Waals surface area contributed by atoms with Gasteiger partial charge in [0.2, 0.25) is 0 Å². The highest BCUT2D eigenvalue weighted by Gasteiger charge is 2.13. The predicted octanol–water partition coefficient (Wildman–Crippen LogP) is 2.27. The van der Waals surface area contributed by atoms with Gasteiger partial charge in [-0.15, -0.1) is 0 Å². The van der Waals surface area contributed by atoms with Crippen molar-refractivity contribution in [2.75, 3.05) is 19.7 Å². The predicted molar refractivity (Wildman–Crippen MR) is 67.5 cm³/mol. The van der Waals surface area contributed by atoms with E-state index in [4.69, 9.17) is 4.74 Å². The molecule has 3 nitrogen and oxygen atoms in total. The van der Waals surface area contributed by atoms with E-state index in [0.29, 0.717) is 11.5 Å². The minimum Gasteiger partial charge on any atom is -0.493 e. The number of ketones is 1. The molecule has 0 saturated carbocycles. The van der Waals surface area contributed by atoms with Crippen LogP contribution in [-0.2, 0) is 0 Å². The van der Waals surface area contributed by atoms with Crippen molar-refractivity contribution in [2.45, 2.75) is 19.8 Å². The molecule has 1 aliphatic heterocycles. The second-order valence-electron chi connectivity index (χ2n) is 4.61. The Balaban J connectivity index is 1.89. The molecule has 1 aromatic rings. The molecule has 0 bridgehead atoms. The van der Waals surface area contributed by atoms with Gasteiger partial charge >= 0.3 is 0 Å². The summed E-state index contributed by atoms with van der Waals surface area (Å²) in [7, 11) is 0. The highest BCUT2D eigenvalue weighted by molar-refractivity contribution is 5.94. The Morgan fingerprint density at radius 2 is 2.41 bits per heavy atom. The molecule has 0 spiro atoms. The van der Waals surface area contributed by atoms with Crippen LogP contribution in [-0.4, -0.2) is 25.5 Å². The quantitative estimate of drug-likeness (QED) is 0.811. The first-order chi connectivity index (χ1) is 8.25. The fourth-order valence-corrected chi connectivity index (χ4v) is 2.09. The van der Waals surface area contributed by atoms with E-state index in [1.54, 1.807) is 6.92 Å². The number of piperidine rings is 1. The summed E-state index contributed by atoms with van der Waals surface area (Å²) in [5.41, 5.74) is 0.712. The Bertz CT molecular complexity index is 384. The van der Waals surface area contributed by atoms with Crippen molar-refractivity contribution in [1.29, 1.82) is 0 Å². The van der Waals surface area contributed by atoms with E-state index in [1.165, 1.54) is 12.8 Å².